The number of para-hydroxylation sites is 1. The molecule has 0 saturated heterocycles. The van der Waals surface area contributed by atoms with Crippen molar-refractivity contribution in [2.75, 3.05) is 17.7 Å². The molecule has 0 bridgehead atoms. The van der Waals surface area contributed by atoms with E-state index in [4.69, 9.17) is 16.3 Å². The van der Waals surface area contributed by atoms with Gasteiger partial charge >= 0.3 is 0 Å². The number of ether oxygens (including phenoxy) is 1. The standard InChI is InChI=1S/C21H27ClN2O4S/c1-6-18(21(25)23-15(3)17-9-7-8-10-20(17)28-4)24(29(5,26)27)19-13-16(22)12-11-14(19)2/h7-13,15,18H,6H2,1-5H3,(H,23,25)/t15-,18+/m0/s1. The molecule has 0 aliphatic rings. The second-order valence-electron chi connectivity index (χ2n) is 6.89. The lowest BCUT2D eigenvalue weighted by atomic mass is 10.1. The van der Waals surface area contributed by atoms with Gasteiger partial charge in [0.05, 0.1) is 25.1 Å². The molecular formula is C21H27ClN2O4S. The van der Waals surface area contributed by atoms with Gasteiger partial charge in [-0.25, -0.2) is 8.42 Å². The molecule has 6 nitrogen and oxygen atoms in total. The molecule has 2 rings (SSSR count). The highest BCUT2D eigenvalue weighted by atomic mass is 35.5. The minimum absolute atomic E-state index is 0.295. The van der Waals surface area contributed by atoms with Crippen molar-refractivity contribution < 1.29 is 17.9 Å². The van der Waals surface area contributed by atoms with Crippen molar-refractivity contribution in [3.05, 3.63) is 58.6 Å². The quantitative estimate of drug-likeness (QED) is 0.673. The number of carbonyl (C=O) groups is 1. The Bertz CT molecular complexity index is 978. The van der Waals surface area contributed by atoms with E-state index in [0.29, 0.717) is 28.4 Å². The van der Waals surface area contributed by atoms with Crippen molar-refractivity contribution in [2.45, 2.75) is 39.3 Å². The van der Waals surface area contributed by atoms with Crippen LogP contribution in [0.25, 0.3) is 0 Å². The summed E-state index contributed by atoms with van der Waals surface area (Å²) in [5, 5.41) is 3.32. The summed E-state index contributed by atoms with van der Waals surface area (Å²) in [5.74, 6) is 0.259. The highest BCUT2D eigenvalue weighted by Crippen LogP contribution is 2.30. The zero-order chi connectivity index (χ0) is 21.8. The molecule has 0 heterocycles. The molecule has 0 spiro atoms. The summed E-state index contributed by atoms with van der Waals surface area (Å²) >= 11 is 6.10. The molecule has 1 amide bonds. The highest BCUT2D eigenvalue weighted by molar-refractivity contribution is 7.92. The van der Waals surface area contributed by atoms with Gasteiger partial charge in [-0.2, -0.15) is 0 Å². The fourth-order valence-corrected chi connectivity index (χ4v) is 4.69. The Morgan fingerprint density at radius 3 is 2.48 bits per heavy atom. The SMILES string of the molecule is CC[C@H](C(=O)N[C@@H](C)c1ccccc1OC)N(c1cc(Cl)ccc1C)S(C)(=O)=O. The number of aryl methyl sites for hydroxylation is 1. The first-order valence-electron chi connectivity index (χ1n) is 9.29. The summed E-state index contributed by atoms with van der Waals surface area (Å²) in [6.45, 7) is 5.39. The van der Waals surface area contributed by atoms with E-state index in [1.807, 2.05) is 31.2 Å². The number of amides is 1. The summed E-state index contributed by atoms with van der Waals surface area (Å²) in [6, 6.07) is 11.1. The molecule has 0 unspecified atom stereocenters. The van der Waals surface area contributed by atoms with Gasteiger partial charge in [0.1, 0.15) is 11.8 Å². The predicted octanol–water partition coefficient (Wildman–Crippen LogP) is 4.08. The monoisotopic (exact) mass is 438 g/mol. The third-order valence-corrected chi connectivity index (χ3v) is 6.10. The first-order valence-corrected chi connectivity index (χ1v) is 11.5. The first-order chi connectivity index (χ1) is 13.6. The highest BCUT2D eigenvalue weighted by Gasteiger charge is 2.33. The maximum atomic E-state index is 13.1. The Labute approximate surface area is 177 Å². The molecule has 0 aliphatic heterocycles. The third kappa shape index (κ3) is 5.42. The van der Waals surface area contributed by atoms with Gasteiger partial charge in [-0.05, 0) is 44.0 Å². The molecule has 2 aromatic carbocycles. The van der Waals surface area contributed by atoms with E-state index in [9.17, 15) is 13.2 Å². The van der Waals surface area contributed by atoms with Crippen molar-refractivity contribution in [1.82, 2.24) is 5.32 Å². The van der Waals surface area contributed by atoms with E-state index in [1.165, 1.54) is 0 Å². The fraction of sp³-hybridized carbons (Fsp3) is 0.381. The summed E-state index contributed by atoms with van der Waals surface area (Å²) in [7, 11) is -2.17. The fourth-order valence-electron chi connectivity index (χ4n) is 3.27. The number of rotatable bonds is 8. The number of halogens is 1. The number of methoxy groups -OCH3 is 1. The Kier molecular flexibility index (Phi) is 7.54. The molecule has 0 radical (unpaired) electrons. The van der Waals surface area contributed by atoms with Crippen LogP contribution in [-0.4, -0.2) is 33.7 Å². The van der Waals surface area contributed by atoms with Crippen molar-refractivity contribution in [1.29, 1.82) is 0 Å². The van der Waals surface area contributed by atoms with Gasteiger partial charge in [-0.15, -0.1) is 0 Å². The number of nitrogens with one attached hydrogen (secondary N) is 1. The van der Waals surface area contributed by atoms with E-state index in [0.717, 1.165) is 16.1 Å². The van der Waals surface area contributed by atoms with Crippen LogP contribution in [-0.2, 0) is 14.8 Å². The van der Waals surface area contributed by atoms with Gasteiger partial charge in [0, 0.05) is 10.6 Å². The average molecular weight is 439 g/mol. The Balaban J connectivity index is 2.40. The molecule has 1 N–H and O–H groups in total. The lowest BCUT2D eigenvalue weighted by Gasteiger charge is -2.32. The predicted molar refractivity (Wildman–Crippen MR) is 117 cm³/mol. The normalized spacial score (nSPS) is 13.4. The molecule has 8 heteroatoms. The minimum atomic E-state index is -3.74. The van der Waals surface area contributed by atoms with Crippen LogP contribution in [0.3, 0.4) is 0 Å². The number of anilines is 1. The lowest BCUT2D eigenvalue weighted by molar-refractivity contribution is -0.122. The van der Waals surface area contributed by atoms with Crippen molar-refractivity contribution in [3.8, 4) is 5.75 Å². The largest absolute Gasteiger partial charge is 0.496 e. The smallest absolute Gasteiger partial charge is 0.244 e. The molecular weight excluding hydrogens is 412 g/mol. The first kappa shape index (κ1) is 23.0. The van der Waals surface area contributed by atoms with E-state index in [1.54, 1.807) is 39.2 Å². The molecule has 0 aliphatic carbocycles. The zero-order valence-corrected chi connectivity index (χ0v) is 18.8. The molecule has 0 fully saturated rings. The van der Waals surface area contributed by atoms with Crippen LogP contribution in [0.5, 0.6) is 5.75 Å². The molecule has 2 atom stereocenters. The van der Waals surface area contributed by atoms with Gasteiger partial charge in [-0.1, -0.05) is 42.8 Å². The van der Waals surface area contributed by atoms with Crippen LogP contribution in [0.1, 0.15) is 37.4 Å². The van der Waals surface area contributed by atoms with E-state index in [2.05, 4.69) is 5.32 Å². The van der Waals surface area contributed by atoms with E-state index >= 15 is 0 Å². The van der Waals surface area contributed by atoms with Crippen LogP contribution in [0.4, 0.5) is 5.69 Å². The molecule has 29 heavy (non-hydrogen) atoms. The summed E-state index contributed by atoms with van der Waals surface area (Å²) in [6.07, 6.45) is 1.39. The van der Waals surface area contributed by atoms with Gasteiger partial charge in [-0.3, -0.25) is 9.10 Å². The minimum Gasteiger partial charge on any atom is -0.496 e. The Morgan fingerprint density at radius 1 is 1.24 bits per heavy atom. The van der Waals surface area contributed by atoms with Crippen LogP contribution in [0, 0.1) is 6.92 Å². The summed E-state index contributed by atoms with van der Waals surface area (Å²) in [4.78, 5) is 13.1. The third-order valence-electron chi connectivity index (χ3n) is 4.70. The van der Waals surface area contributed by atoms with Gasteiger partial charge in [0.25, 0.3) is 0 Å². The average Bonchev–Trinajstić information content (AvgIpc) is 2.66. The number of hydrogen-bond donors (Lipinski definition) is 1. The summed E-state index contributed by atoms with van der Waals surface area (Å²) < 4.78 is 31.8. The summed E-state index contributed by atoms with van der Waals surface area (Å²) in [5.41, 5.74) is 1.92. The number of carbonyl (C=O) groups excluding carboxylic acids is 1. The maximum absolute atomic E-state index is 13.1. The van der Waals surface area contributed by atoms with E-state index < -0.39 is 22.0 Å². The van der Waals surface area contributed by atoms with Gasteiger partial charge < -0.3 is 10.1 Å². The van der Waals surface area contributed by atoms with Crippen molar-refractivity contribution in [3.63, 3.8) is 0 Å². The van der Waals surface area contributed by atoms with Crippen LogP contribution < -0.4 is 14.4 Å². The number of sulfonamides is 1. The van der Waals surface area contributed by atoms with Crippen molar-refractivity contribution >= 4 is 33.2 Å². The topological polar surface area (TPSA) is 75.7 Å². The molecule has 0 saturated carbocycles. The second kappa shape index (κ2) is 9.50. The Hall–Kier alpha value is -2.25. The Morgan fingerprint density at radius 2 is 1.90 bits per heavy atom. The molecule has 158 valence electrons. The molecule has 0 aromatic heterocycles. The number of benzene rings is 2. The van der Waals surface area contributed by atoms with Crippen LogP contribution >= 0.6 is 11.6 Å². The number of nitrogens with zero attached hydrogens (tertiary/aromatic N) is 1. The number of hydrogen-bond acceptors (Lipinski definition) is 4. The van der Waals surface area contributed by atoms with E-state index in [-0.39, 0.29) is 6.04 Å². The van der Waals surface area contributed by atoms with Gasteiger partial charge in [0.2, 0.25) is 15.9 Å². The van der Waals surface area contributed by atoms with Gasteiger partial charge in [0.15, 0.2) is 0 Å². The zero-order valence-electron chi connectivity index (χ0n) is 17.3. The molecule has 2 aromatic rings. The second-order valence-corrected chi connectivity index (χ2v) is 9.18. The van der Waals surface area contributed by atoms with Crippen LogP contribution in [0.15, 0.2) is 42.5 Å². The lowest BCUT2D eigenvalue weighted by Crippen LogP contribution is -2.50. The maximum Gasteiger partial charge on any atom is 0.244 e. The van der Waals surface area contributed by atoms with Crippen LogP contribution in [0.2, 0.25) is 5.02 Å². The van der Waals surface area contributed by atoms with Crippen molar-refractivity contribution in [2.24, 2.45) is 0 Å².